The summed E-state index contributed by atoms with van der Waals surface area (Å²) in [5.74, 6) is 0.129. The molecule has 0 spiro atoms. The van der Waals surface area contributed by atoms with Crippen molar-refractivity contribution in [3.63, 3.8) is 0 Å². The minimum atomic E-state index is -0.803. The van der Waals surface area contributed by atoms with Gasteiger partial charge in [0, 0.05) is 30.5 Å². The van der Waals surface area contributed by atoms with Gasteiger partial charge in [-0.2, -0.15) is 0 Å². The van der Waals surface area contributed by atoms with E-state index in [1.54, 1.807) is 24.3 Å². The second-order valence-corrected chi connectivity index (χ2v) is 12.1. The molecule has 2 aromatic rings. The number of rotatable bonds is 10. The molecule has 6 unspecified atom stereocenters. The van der Waals surface area contributed by atoms with Gasteiger partial charge in [0.15, 0.2) is 11.5 Å². The molecular weight excluding hydrogens is 559 g/mol. The zero-order valence-corrected chi connectivity index (χ0v) is 25.4. The predicted molar refractivity (Wildman–Crippen MR) is 158 cm³/mol. The summed E-state index contributed by atoms with van der Waals surface area (Å²) in [6.07, 6.45) is 0.296. The maximum absolute atomic E-state index is 13.2. The lowest BCUT2D eigenvalue weighted by atomic mass is 9.46. The van der Waals surface area contributed by atoms with E-state index in [0.29, 0.717) is 48.6 Å². The van der Waals surface area contributed by atoms with Crippen LogP contribution in [0.3, 0.4) is 0 Å². The molecule has 2 aliphatic rings. The first-order valence-corrected chi connectivity index (χ1v) is 14.6. The fraction of sp³-hybridized carbons (Fsp3) is 0.562. The number of methoxy groups -OCH3 is 3. The number of benzene rings is 2. The van der Waals surface area contributed by atoms with Gasteiger partial charge in [0.2, 0.25) is 11.7 Å². The van der Waals surface area contributed by atoms with Gasteiger partial charge in [0.25, 0.3) is 0 Å². The molecule has 0 aromatic heterocycles. The van der Waals surface area contributed by atoms with Crippen molar-refractivity contribution in [3.05, 3.63) is 47.8 Å². The third kappa shape index (κ3) is 6.67. The van der Waals surface area contributed by atoms with E-state index in [1.165, 1.54) is 33.5 Å². The Hall–Kier alpha value is -3.57. The van der Waals surface area contributed by atoms with E-state index in [-0.39, 0.29) is 43.1 Å². The average molecular weight is 603 g/mol. The summed E-state index contributed by atoms with van der Waals surface area (Å²) in [4.78, 5) is 26.1. The monoisotopic (exact) mass is 602 g/mol. The minimum absolute atomic E-state index is 0.115. The van der Waals surface area contributed by atoms with Crippen LogP contribution in [0.1, 0.15) is 51.5 Å². The highest BCUT2D eigenvalue weighted by Crippen LogP contribution is 2.61. The molecule has 10 nitrogen and oxygen atoms in total. The number of halogens is 1. The van der Waals surface area contributed by atoms with E-state index in [4.69, 9.17) is 18.9 Å². The molecule has 43 heavy (non-hydrogen) atoms. The first-order chi connectivity index (χ1) is 20.5. The van der Waals surface area contributed by atoms with Crippen molar-refractivity contribution in [1.82, 2.24) is 5.32 Å². The van der Waals surface area contributed by atoms with Gasteiger partial charge in [-0.15, -0.1) is 0 Å². The number of hydrogen-bond donors (Lipinski definition) is 4. The molecule has 0 bridgehead atoms. The largest absolute Gasteiger partial charge is 0.493 e. The molecule has 2 aliphatic carbocycles. The van der Waals surface area contributed by atoms with Gasteiger partial charge in [0.05, 0.1) is 39.7 Å². The molecule has 2 aromatic carbocycles. The van der Waals surface area contributed by atoms with Gasteiger partial charge < -0.3 is 34.5 Å². The molecule has 236 valence electrons. The number of hydrogen-bond acceptors (Lipinski definition) is 8. The Kier molecular flexibility index (Phi) is 10.1. The van der Waals surface area contributed by atoms with Gasteiger partial charge in [-0.1, -0.05) is 26.0 Å². The quantitative estimate of drug-likeness (QED) is 0.308. The Morgan fingerprint density at radius 1 is 1.00 bits per heavy atom. The topological polar surface area (TPSA) is 136 Å². The van der Waals surface area contributed by atoms with E-state index in [1.807, 2.05) is 6.92 Å². The second kappa shape index (κ2) is 13.4. The number of fused-ring (bicyclic) bond motifs is 1. The van der Waals surface area contributed by atoms with E-state index < -0.39 is 29.1 Å². The van der Waals surface area contributed by atoms with Gasteiger partial charge in [0.1, 0.15) is 11.9 Å². The number of aliphatic hydroxyl groups excluding tert-OH is 2. The highest BCUT2D eigenvalue weighted by atomic mass is 19.1. The van der Waals surface area contributed by atoms with Crippen LogP contribution in [0.15, 0.2) is 36.4 Å². The van der Waals surface area contributed by atoms with E-state index in [9.17, 15) is 24.2 Å². The minimum Gasteiger partial charge on any atom is -0.493 e. The highest BCUT2D eigenvalue weighted by Gasteiger charge is 2.60. The van der Waals surface area contributed by atoms with Crippen molar-refractivity contribution in [3.8, 4) is 17.2 Å². The van der Waals surface area contributed by atoms with Crippen LogP contribution in [-0.2, 0) is 16.1 Å². The second-order valence-electron chi connectivity index (χ2n) is 12.1. The van der Waals surface area contributed by atoms with Crippen molar-refractivity contribution >= 4 is 17.7 Å². The molecule has 2 saturated carbocycles. The van der Waals surface area contributed by atoms with Gasteiger partial charge in [-0.25, -0.2) is 9.18 Å². The van der Waals surface area contributed by atoms with Crippen molar-refractivity contribution in [2.45, 2.75) is 64.7 Å². The molecule has 0 aliphatic heterocycles. The van der Waals surface area contributed by atoms with Crippen LogP contribution in [0, 0.1) is 28.5 Å². The first kappa shape index (κ1) is 32.3. The van der Waals surface area contributed by atoms with Crippen molar-refractivity contribution < 1.29 is 43.1 Å². The van der Waals surface area contributed by atoms with Crippen molar-refractivity contribution in [2.75, 3.05) is 33.3 Å². The summed E-state index contributed by atoms with van der Waals surface area (Å²) in [6, 6.07) is 9.13. The highest BCUT2D eigenvalue weighted by molar-refractivity contribution is 5.86. The molecule has 2 fully saturated rings. The maximum Gasteiger partial charge on any atom is 0.411 e. The third-order valence-corrected chi connectivity index (χ3v) is 9.64. The number of anilines is 1. The molecule has 2 amide bonds. The number of amides is 2. The fourth-order valence-electron chi connectivity index (χ4n) is 7.28. The van der Waals surface area contributed by atoms with E-state index in [0.717, 1.165) is 5.56 Å². The van der Waals surface area contributed by atoms with Crippen molar-refractivity contribution in [1.29, 1.82) is 0 Å². The number of carbonyl (C=O) groups excluding carboxylic acids is 2. The molecular formula is C32H43FN2O8. The van der Waals surface area contributed by atoms with Crippen LogP contribution in [-0.4, -0.2) is 62.4 Å². The van der Waals surface area contributed by atoms with Gasteiger partial charge in [-0.3, -0.25) is 10.1 Å². The fourth-order valence-corrected chi connectivity index (χ4v) is 7.28. The Morgan fingerprint density at radius 3 is 2.23 bits per heavy atom. The lowest BCUT2D eigenvalue weighted by molar-refractivity contribution is -0.185. The summed E-state index contributed by atoms with van der Waals surface area (Å²) in [6.45, 7) is 4.01. The molecule has 11 heteroatoms. The first-order valence-electron chi connectivity index (χ1n) is 14.6. The predicted octanol–water partition coefficient (Wildman–Crippen LogP) is 4.66. The summed E-state index contributed by atoms with van der Waals surface area (Å²) in [5, 5.41) is 27.4. The van der Waals surface area contributed by atoms with Gasteiger partial charge in [-0.05, 0) is 60.6 Å². The Balaban J connectivity index is 1.46. The van der Waals surface area contributed by atoms with Crippen LogP contribution in [0.2, 0.25) is 0 Å². The standard InChI is InChI=1S/C32H43FN2O8/c1-31-13-12-27(43-30(39)35-21-14-24(40-3)29(42-5)25(15-21)41-4)32(2,18-36)26(31)11-10-23(37)22(31)16-28(38)34-17-19-6-8-20(33)9-7-19/h6-9,14-15,22-23,26-27,36-37H,10-13,16-18H2,1-5H3,(H,34,38)(H,35,39). The molecule has 0 heterocycles. The summed E-state index contributed by atoms with van der Waals surface area (Å²) >= 11 is 0. The summed E-state index contributed by atoms with van der Waals surface area (Å²) in [7, 11) is 4.45. The molecule has 4 N–H and O–H groups in total. The SMILES string of the molecule is COc1cc(NC(=O)OC2CCC3(C)C(CC(=O)NCc4ccc(F)cc4)C(O)CCC3C2(C)CO)cc(OC)c1OC. The normalized spacial score (nSPS) is 28.3. The Morgan fingerprint density at radius 2 is 1.65 bits per heavy atom. The number of aliphatic hydroxyl groups is 2. The summed E-state index contributed by atoms with van der Waals surface area (Å²) < 4.78 is 35.3. The third-order valence-electron chi connectivity index (χ3n) is 9.64. The van der Waals surface area contributed by atoms with E-state index >= 15 is 0 Å². The average Bonchev–Trinajstić information content (AvgIpc) is 2.99. The molecule has 0 radical (unpaired) electrons. The van der Waals surface area contributed by atoms with Crippen molar-refractivity contribution in [2.24, 2.45) is 22.7 Å². The lowest BCUT2D eigenvalue weighted by Gasteiger charge is -2.60. The molecule has 0 saturated heterocycles. The van der Waals surface area contributed by atoms with Crippen LogP contribution in [0.4, 0.5) is 14.9 Å². The van der Waals surface area contributed by atoms with Crippen LogP contribution >= 0.6 is 0 Å². The van der Waals surface area contributed by atoms with Gasteiger partial charge >= 0.3 is 6.09 Å². The van der Waals surface area contributed by atoms with Crippen LogP contribution in [0.25, 0.3) is 0 Å². The zero-order valence-electron chi connectivity index (χ0n) is 25.4. The Labute approximate surface area is 251 Å². The molecule has 4 rings (SSSR count). The summed E-state index contributed by atoms with van der Waals surface area (Å²) in [5.41, 5.74) is -0.116. The Bertz CT molecular complexity index is 1270. The maximum atomic E-state index is 13.2. The van der Waals surface area contributed by atoms with E-state index in [2.05, 4.69) is 17.6 Å². The van der Waals surface area contributed by atoms with Crippen LogP contribution in [0.5, 0.6) is 17.2 Å². The zero-order chi connectivity index (χ0) is 31.4. The number of ether oxygens (including phenoxy) is 4. The number of nitrogens with one attached hydrogen (secondary N) is 2. The molecule has 6 atom stereocenters. The smallest absolute Gasteiger partial charge is 0.411 e. The van der Waals surface area contributed by atoms with Crippen LogP contribution < -0.4 is 24.8 Å². The number of carbonyl (C=O) groups is 2. The lowest BCUT2D eigenvalue weighted by Crippen LogP contribution is -2.61.